The highest BCUT2D eigenvalue weighted by Crippen LogP contribution is 2.26. The van der Waals surface area contributed by atoms with E-state index in [2.05, 4.69) is 22.4 Å². The van der Waals surface area contributed by atoms with Gasteiger partial charge in [0.05, 0.1) is 13.3 Å². The Kier molecular flexibility index (Phi) is 6.43. The van der Waals surface area contributed by atoms with Crippen LogP contribution in [0.4, 0.5) is 5.69 Å². The molecule has 5 heteroatoms. The first-order chi connectivity index (χ1) is 15.2. The van der Waals surface area contributed by atoms with Crippen LogP contribution in [0.5, 0.6) is 5.75 Å². The molecule has 1 amide bonds. The molecule has 156 valence electrons. The number of rotatable bonds is 8. The monoisotopic (exact) mass is 412 g/mol. The number of carbonyl (C=O) groups is 1. The van der Waals surface area contributed by atoms with Gasteiger partial charge in [-0.05, 0) is 23.8 Å². The summed E-state index contributed by atoms with van der Waals surface area (Å²) in [6, 6.07) is 25.7. The van der Waals surface area contributed by atoms with Crippen molar-refractivity contribution in [3.8, 4) is 17.1 Å². The first kappa shape index (κ1) is 20.4. The molecule has 0 saturated carbocycles. The zero-order valence-corrected chi connectivity index (χ0v) is 17.4. The fourth-order valence-corrected chi connectivity index (χ4v) is 3.42. The van der Waals surface area contributed by atoms with E-state index in [0.29, 0.717) is 18.1 Å². The number of oxazole rings is 1. The van der Waals surface area contributed by atoms with Gasteiger partial charge in [0.1, 0.15) is 5.75 Å². The van der Waals surface area contributed by atoms with E-state index in [0.717, 1.165) is 29.0 Å². The molecule has 0 unspecified atom stereocenters. The Morgan fingerprint density at radius 1 is 1.00 bits per heavy atom. The molecule has 1 N–H and O–H groups in total. The summed E-state index contributed by atoms with van der Waals surface area (Å²) in [6.45, 7) is 0. The lowest BCUT2D eigenvalue weighted by molar-refractivity contribution is -0.116. The Labute approximate surface area is 181 Å². The average Bonchev–Trinajstić information content (AvgIpc) is 3.28. The molecule has 0 bridgehead atoms. The minimum Gasteiger partial charge on any atom is -0.496 e. The van der Waals surface area contributed by atoms with Crippen molar-refractivity contribution in [1.29, 1.82) is 0 Å². The van der Waals surface area contributed by atoms with Gasteiger partial charge in [-0.15, -0.1) is 0 Å². The predicted molar refractivity (Wildman–Crippen MR) is 121 cm³/mol. The third kappa shape index (κ3) is 5.39. The van der Waals surface area contributed by atoms with Crippen molar-refractivity contribution in [3.63, 3.8) is 0 Å². The second-order valence-corrected chi connectivity index (χ2v) is 7.22. The van der Waals surface area contributed by atoms with Crippen molar-refractivity contribution in [1.82, 2.24) is 4.98 Å². The molecular weight excluding hydrogens is 388 g/mol. The van der Waals surface area contributed by atoms with Crippen molar-refractivity contribution < 1.29 is 13.9 Å². The predicted octanol–water partition coefficient (Wildman–Crippen LogP) is 5.51. The number of hydrogen-bond donors (Lipinski definition) is 1. The first-order valence-corrected chi connectivity index (χ1v) is 10.2. The minimum atomic E-state index is -0.0877. The quantitative estimate of drug-likeness (QED) is 0.414. The molecule has 0 saturated heterocycles. The van der Waals surface area contributed by atoms with E-state index in [4.69, 9.17) is 9.15 Å². The SMILES string of the molecule is COc1ccc(NC(=O)CCc2ncc(-c3ccccc3)o2)cc1Cc1ccccc1. The van der Waals surface area contributed by atoms with Crippen LogP contribution in [0.25, 0.3) is 11.3 Å². The fourth-order valence-electron chi connectivity index (χ4n) is 3.42. The molecule has 0 fully saturated rings. The molecule has 0 aliphatic carbocycles. The molecule has 31 heavy (non-hydrogen) atoms. The Hall–Kier alpha value is -3.86. The van der Waals surface area contributed by atoms with Gasteiger partial charge in [-0.25, -0.2) is 4.98 Å². The lowest BCUT2D eigenvalue weighted by atomic mass is 10.0. The second-order valence-electron chi connectivity index (χ2n) is 7.22. The summed E-state index contributed by atoms with van der Waals surface area (Å²) in [6.07, 6.45) is 3.15. The van der Waals surface area contributed by atoms with Crippen LogP contribution in [0, 0.1) is 0 Å². The lowest BCUT2D eigenvalue weighted by Gasteiger charge is -2.12. The smallest absolute Gasteiger partial charge is 0.224 e. The van der Waals surface area contributed by atoms with Gasteiger partial charge in [-0.2, -0.15) is 0 Å². The third-order valence-corrected chi connectivity index (χ3v) is 4.98. The van der Waals surface area contributed by atoms with Crippen molar-refractivity contribution in [2.75, 3.05) is 12.4 Å². The van der Waals surface area contributed by atoms with Gasteiger partial charge in [0.15, 0.2) is 11.7 Å². The summed E-state index contributed by atoms with van der Waals surface area (Å²) >= 11 is 0. The van der Waals surface area contributed by atoms with Crippen LogP contribution in [-0.4, -0.2) is 18.0 Å². The molecule has 0 spiro atoms. The number of amides is 1. The lowest BCUT2D eigenvalue weighted by Crippen LogP contribution is -2.12. The van der Waals surface area contributed by atoms with E-state index in [9.17, 15) is 4.79 Å². The minimum absolute atomic E-state index is 0.0877. The van der Waals surface area contributed by atoms with Gasteiger partial charge >= 0.3 is 0 Å². The summed E-state index contributed by atoms with van der Waals surface area (Å²) in [5.74, 6) is 1.97. The van der Waals surface area contributed by atoms with Crippen LogP contribution < -0.4 is 10.1 Å². The Morgan fingerprint density at radius 2 is 1.74 bits per heavy atom. The summed E-state index contributed by atoms with van der Waals surface area (Å²) in [7, 11) is 1.65. The average molecular weight is 412 g/mol. The van der Waals surface area contributed by atoms with Crippen LogP contribution in [0.3, 0.4) is 0 Å². The topological polar surface area (TPSA) is 64.4 Å². The summed E-state index contributed by atoms with van der Waals surface area (Å²) < 4.78 is 11.3. The number of carbonyl (C=O) groups excluding carboxylic acids is 1. The summed E-state index contributed by atoms with van der Waals surface area (Å²) in [4.78, 5) is 16.8. The number of ether oxygens (including phenoxy) is 1. The van der Waals surface area contributed by atoms with Crippen LogP contribution in [-0.2, 0) is 17.6 Å². The van der Waals surface area contributed by atoms with Crippen LogP contribution in [0.1, 0.15) is 23.4 Å². The molecule has 5 nitrogen and oxygen atoms in total. The highest BCUT2D eigenvalue weighted by atomic mass is 16.5. The zero-order valence-electron chi connectivity index (χ0n) is 17.4. The van der Waals surface area contributed by atoms with Crippen LogP contribution in [0.15, 0.2) is 89.5 Å². The second kappa shape index (κ2) is 9.76. The van der Waals surface area contributed by atoms with E-state index in [-0.39, 0.29) is 12.3 Å². The van der Waals surface area contributed by atoms with Crippen LogP contribution in [0.2, 0.25) is 0 Å². The van der Waals surface area contributed by atoms with Crippen molar-refractivity contribution in [2.45, 2.75) is 19.3 Å². The molecule has 4 rings (SSSR count). The zero-order chi connectivity index (χ0) is 21.5. The standard InChI is InChI=1S/C26H24N2O3/c1-30-23-13-12-22(17-21(23)16-19-8-4-2-5-9-19)28-25(29)14-15-26-27-18-24(31-26)20-10-6-3-7-11-20/h2-13,17-18H,14-16H2,1H3,(H,28,29). The summed E-state index contributed by atoms with van der Waals surface area (Å²) in [5.41, 5.74) is 3.91. The fraction of sp³-hybridized carbons (Fsp3) is 0.154. The maximum atomic E-state index is 12.5. The van der Waals surface area contributed by atoms with E-state index < -0.39 is 0 Å². The highest BCUT2D eigenvalue weighted by Gasteiger charge is 2.11. The van der Waals surface area contributed by atoms with E-state index in [1.165, 1.54) is 5.56 Å². The molecular formula is C26H24N2O3. The highest BCUT2D eigenvalue weighted by molar-refractivity contribution is 5.91. The third-order valence-electron chi connectivity index (χ3n) is 4.98. The molecule has 3 aromatic carbocycles. The molecule has 0 radical (unpaired) electrons. The van der Waals surface area contributed by atoms with E-state index in [1.807, 2.05) is 66.7 Å². The number of aromatic nitrogens is 1. The maximum Gasteiger partial charge on any atom is 0.224 e. The summed E-state index contributed by atoms with van der Waals surface area (Å²) in [5, 5.41) is 2.96. The number of methoxy groups -OCH3 is 1. The molecule has 1 aromatic heterocycles. The van der Waals surface area contributed by atoms with E-state index >= 15 is 0 Å². The van der Waals surface area contributed by atoms with Crippen molar-refractivity contribution in [2.24, 2.45) is 0 Å². The van der Waals surface area contributed by atoms with Gasteiger partial charge < -0.3 is 14.5 Å². The Morgan fingerprint density at radius 3 is 2.48 bits per heavy atom. The number of nitrogens with one attached hydrogen (secondary N) is 1. The Balaban J connectivity index is 1.37. The number of anilines is 1. The molecule has 1 heterocycles. The van der Waals surface area contributed by atoms with Gasteiger partial charge in [0.2, 0.25) is 5.91 Å². The van der Waals surface area contributed by atoms with Crippen molar-refractivity contribution in [3.05, 3.63) is 102 Å². The van der Waals surface area contributed by atoms with E-state index in [1.54, 1.807) is 13.3 Å². The number of nitrogens with zero attached hydrogens (tertiary/aromatic N) is 1. The normalized spacial score (nSPS) is 10.6. The number of hydrogen-bond acceptors (Lipinski definition) is 4. The van der Waals surface area contributed by atoms with Gasteiger partial charge in [0.25, 0.3) is 0 Å². The molecule has 4 aromatic rings. The Bertz CT molecular complexity index is 1140. The van der Waals surface area contributed by atoms with Gasteiger partial charge in [-0.3, -0.25) is 4.79 Å². The molecule has 0 atom stereocenters. The van der Waals surface area contributed by atoms with Gasteiger partial charge in [-0.1, -0.05) is 60.7 Å². The van der Waals surface area contributed by atoms with Gasteiger partial charge in [0, 0.05) is 36.1 Å². The number of benzene rings is 3. The van der Waals surface area contributed by atoms with Crippen molar-refractivity contribution >= 4 is 11.6 Å². The number of aryl methyl sites for hydroxylation is 1. The molecule has 0 aliphatic rings. The largest absolute Gasteiger partial charge is 0.496 e. The van der Waals surface area contributed by atoms with Crippen LogP contribution >= 0.6 is 0 Å². The first-order valence-electron chi connectivity index (χ1n) is 10.2. The molecule has 0 aliphatic heterocycles. The maximum absolute atomic E-state index is 12.5.